The standard InChI is InChI=1S/C9H19N3/c1-3-4-5-8(10)9(11-2)12-6-7-12/h8-9H,2-7,10H2,1H3. The number of nitrogens with zero attached hydrogens (tertiary/aromatic N) is 2. The molecule has 0 aromatic carbocycles. The SMILES string of the molecule is C=NC(C(N)CCCC)N1CC1. The zero-order valence-corrected chi connectivity index (χ0v) is 7.87. The molecule has 1 aliphatic heterocycles. The number of aliphatic imine (C=N–C) groups is 1. The highest BCUT2D eigenvalue weighted by molar-refractivity contribution is 5.24. The zero-order chi connectivity index (χ0) is 8.97. The highest BCUT2D eigenvalue weighted by Crippen LogP contribution is 2.16. The Hall–Kier alpha value is -0.410. The second-order valence-electron chi connectivity index (χ2n) is 3.44. The summed E-state index contributed by atoms with van der Waals surface area (Å²) in [5.74, 6) is 0. The van der Waals surface area contributed by atoms with Crippen LogP contribution in [0, 0.1) is 0 Å². The van der Waals surface area contributed by atoms with Crippen LogP contribution in [0.2, 0.25) is 0 Å². The molecule has 0 aliphatic carbocycles. The van der Waals surface area contributed by atoms with E-state index in [1.165, 1.54) is 12.8 Å². The molecule has 3 heteroatoms. The molecule has 1 heterocycles. The van der Waals surface area contributed by atoms with Gasteiger partial charge in [-0.15, -0.1) is 0 Å². The van der Waals surface area contributed by atoms with Crippen LogP contribution in [0.4, 0.5) is 0 Å². The highest BCUT2D eigenvalue weighted by atomic mass is 15.4. The Labute approximate surface area is 74.6 Å². The summed E-state index contributed by atoms with van der Waals surface area (Å²) in [5.41, 5.74) is 5.98. The molecule has 12 heavy (non-hydrogen) atoms. The van der Waals surface area contributed by atoms with Gasteiger partial charge in [0.1, 0.15) is 6.17 Å². The van der Waals surface area contributed by atoms with Crippen LogP contribution in [0.15, 0.2) is 4.99 Å². The molecule has 2 atom stereocenters. The first-order valence-electron chi connectivity index (χ1n) is 4.75. The van der Waals surface area contributed by atoms with Crippen LogP contribution < -0.4 is 5.73 Å². The second-order valence-corrected chi connectivity index (χ2v) is 3.44. The van der Waals surface area contributed by atoms with E-state index in [2.05, 4.69) is 23.5 Å². The molecule has 0 aromatic rings. The monoisotopic (exact) mass is 169 g/mol. The predicted molar refractivity (Wildman–Crippen MR) is 52.4 cm³/mol. The van der Waals surface area contributed by atoms with E-state index in [1.54, 1.807) is 0 Å². The van der Waals surface area contributed by atoms with E-state index in [9.17, 15) is 0 Å². The van der Waals surface area contributed by atoms with Gasteiger partial charge in [0.05, 0.1) is 0 Å². The number of unbranched alkanes of at least 4 members (excludes halogenated alkanes) is 1. The van der Waals surface area contributed by atoms with E-state index in [-0.39, 0.29) is 12.2 Å². The molecular formula is C9H19N3. The first-order valence-corrected chi connectivity index (χ1v) is 4.75. The first kappa shape index (κ1) is 9.68. The minimum absolute atomic E-state index is 0.177. The van der Waals surface area contributed by atoms with Gasteiger partial charge >= 0.3 is 0 Å². The van der Waals surface area contributed by atoms with E-state index in [1.807, 2.05) is 0 Å². The minimum atomic E-state index is 0.177. The van der Waals surface area contributed by atoms with Gasteiger partial charge in [-0.25, -0.2) is 0 Å². The molecular weight excluding hydrogens is 150 g/mol. The quantitative estimate of drug-likeness (QED) is 0.473. The summed E-state index contributed by atoms with van der Waals surface area (Å²) in [4.78, 5) is 6.31. The molecule has 0 saturated carbocycles. The lowest BCUT2D eigenvalue weighted by molar-refractivity contribution is 0.333. The summed E-state index contributed by atoms with van der Waals surface area (Å²) in [7, 11) is 0. The Balaban J connectivity index is 2.26. The Kier molecular flexibility index (Phi) is 3.69. The van der Waals surface area contributed by atoms with Crippen LogP contribution in [0.1, 0.15) is 26.2 Å². The van der Waals surface area contributed by atoms with E-state index in [4.69, 9.17) is 5.73 Å². The maximum atomic E-state index is 5.98. The molecule has 0 bridgehead atoms. The first-order chi connectivity index (χ1) is 5.79. The zero-order valence-electron chi connectivity index (χ0n) is 7.87. The third-order valence-corrected chi connectivity index (χ3v) is 2.32. The van der Waals surface area contributed by atoms with Gasteiger partial charge in [-0.1, -0.05) is 19.8 Å². The summed E-state index contributed by atoms with van der Waals surface area (Å²) < 4.78 is 0. The maximum absolute atomic E-state index is 5.98. The summed E-state index contributed by atoms with van der Waals surface area (Å²) >= 11 is 0. The largest absolute Gasteiger partial charge is 0.325 e. The van der Waals surface area contributed by atoms with E-state index in [0.29, 0.717) is 0 Å². The molecule has 2 unspecified atom stereocenters. The minimum Gasteiger partial charge on any atom is -0.325 e. The third-order valence-electron chi connectivity index (χ3n) is 2.32. The van der Waals surface area contributed by atoms with Crippen molar-refractivity contribution in [3.63, 3.8) is 0 Å². The van der Waals surface area contributed by atoms with E-state index >= 15 is 0 Å². The van der Waals surface area contributed by atoms with Crippen molar-refractivity contribution >= 4 is 6.72 Å². The molecule has 0 radical (unpaired) electrons. The lowest BCUT2D eigenvalue weighted by Crippen LogP contribution is -2.38. The van der Waals surface area contributed by atoms with Crippen LogP contribution >= 0.6 is 0 Å². The number of hydrogen-bond acceptors (Lipinski definition) is 3. The van der Waals surface area contributed by atoms with Gasteiger partial charge in [0.15, 0.2) is 0 Å². The topological polar surface area (TPSA) is 41.4 Å². The van der Waals surface area contributed by atoms with Crippen LogP contribution in [-0.2, 0) is 0 Å². The van der Waals surface area contributed by atoms with Crippen molar-refractivity contribution < 1.29 is 0 Å². The van der Waals surface area contributed by atoms with Crippen molar-refractivity contribution in [2.24, 2.45) is 10.7 Å². The molecule has 1 fully saturated rings. The third kappa shape index (κ3) is 2.57. The molecule has 0 amide bonds. The average molecular weight is 169 g/mol. The molecule has 1 aliphatic rings. The molecule has 1 rings (SSSR count). The van der Waals surface area contributed by atoms with Gasteiger partial charge in [-0.3, -0.25) is 9.89 Å². The summed E-state index contributed by atoms with van der Waals surface area (Å²) in [5, 5.41) is 0. The lowest BCUT2D eigenvalue weighted by Gasteiger charge is -2.20. The van der Waals surface area contributed by atoms with E-state index in [0.717, 1.165) is 19.5 Å². The number of nitrogens with two attached hydrogens (primary N) is 1. The molecule has 70 valence electrons. The van der Waals surface area contributed by atoms with E-state index < -0.39 is 0 Å². The van der Waals surface area contributed by atoms with Crippen LogP contribution in [0.5, 0.6) is 0 Å². The number of hydrogen-bond donors (Lipinski definition) is 1. The Bertz CT molecular complexity index is 143. The van der Waals surface area contributed by atoms with Gasteiger partial charge < -0.3 is 5.73 Å². The highest BCUT2D eigenvalue weighted by Gasteiger charge is 2.30. The maximum Gasteiger partial charge on any atom is 0.116 e. The predicted octanol–water partition coefficient (Wildman–Crippen LogP) is 0.846. The summed E-state index contributed by atoms with van der Waals surface area (Å²) in [6.07, 6.45) is 3.64. The smallest absolute Gasteiger partial charge is 0.116 e. The lowest BCUT2D eigenvalue weighted by atomic mass is 10.1. The van der Waals surface area contributed by atoms with Crippen molar-refractivity contribution in [1.29, 1.82) is 0 Å². The number of rotatable bonds is 6. The molecule has 2 N–H and O–H groups in total. The van der Waals surface area contributed by atoms with Crippen molar-refractivity contribution in [1.82, 2.24) is 4.90 Å². The summed E-state index contributed by atoms with van der Waals surface area (Å²) in [6.45, 7) is 8.05. The Morgan fingerprint density at radius 1 is 1.58 bits per heavy atom. The van der Waals surface area contributed by atoms with Crippen LogP contribution in [0.3, 0.4) is 0 Å². The van der Waals surface area contributed by atoms with Crippen LogP contribution in [-0.4, -0.2) is 36.9 Å². The van der Waals surface area contributed by atoms with Crippen molar-refractivity contribution in [2.45, 2.75) is 38.4 Å². The summed E-state index contributed by atoms with van der Waals surface area (Å²) in [6, 6.07) is 0.185. The Morgan fingerprint density at radius 3 is 2.67 bits per heavy atom. The van der Waals surface area contributed by atoms with Crippen molar-refractivity contribution in [3.05, 3.63) is 0 Å². The average Bonchev–Trinajstić information content (AvgIpc) is 2.86. The Morgan fingerprint density at radius 2 is 2.25 bits per heavy atom. The van der Waals surface area contributed by atoms with Crippen molar-refractivity contribution in [3.8, 4) is 0 Å². The van der Waals surface area contributed by atoms with Gasteiger partial charge in [-0.2, -0.15) is 0 Å². The van der Waals surface area contributed by atoms with Gasteiger partial charge in [-0.05, 0) is 13.1 Å². The van der Waals surface area contributed by atoms with Crippen molar-refractivity contribution in [2.75, 3.05) is 13.1 Å². The fraction of sp³-hybridized carbons (Fsp3) is 0.889. The second kappa shape index (κ2) is 4.58. The fourth-order valence-electron chi connectivity index (χ4n) is 1.43. The molecule has 1 saturated heterocycles. The molecule has 0 spiro atoms. The van der Waals surface area contributed by atoms with Gasteiger partial charge in [0.2, 0.25) is 0 Å². The van der Waals surface area contributed by atoms with Gasteiger partial charge in [0.25, 0.3) is 0 Å². The molecule has 0 aromatic heterocycles. The fourth-order valence-corrected chi connectivity index (χ4v) is 1.43. The van der Waals surface area contributed by atoms with Crippen LogP contribution in [0.25, 0.3) is 0 Å². The normalized spacial score (nSPS) is 21.8. The molecule has 3 nitrogen and oxygen atoms in total. The van der Waals surface area contributed by atoms with Gasteiger partial charge in [0, 0.05) is 19.1 Å².